The van der Waals surface area contributed by atoms with Gasteiger partial charge in [-0.15, -0.1) is 35.3 Å². The van der Waals surface area contributed by atoms with Crippen LogP contribution >= 0.6 is 35.3 Å². The number of aliphatic imine (C=N–C) groups is 1. The molecule has 31 heavy (non-hydrogen) atoms. The highest BCUT2D eigenvalue weighted by molar-refractivity contribution is 14.0. The van der Waals surface area contributed by atoms with Crippen LogP contribution in [0.15, 0.2) is 35.3 Å². The molecule has 0 saturated carbocycles. The van der Waals surface area contributed by atoms with Crippen molar-refractivity contribution in [2.75, 3.05) is 58.9 Å². The number of piperazine rings is 1. The summed E-state index contributed by atoms with van der Waals surface area (Å²) in [6.45, 7) is 15.5. The number of fused-ring (bicyclic) bond motifs is 1. The molecule has 3 N–H and O–H groups in total. The van der Waals surface area contributed by atoms with Crippen LogP contribution in [0, 0.1) is 5.92 Å². The second kappa shape index (κ2) is 13.6. The number of hydrogen-bond acceptors (Lipinski definition) is 5. The monoisotopic (exact) mass is 559 g/mol. The summed E-state index contributed by atoms with van der Waals surface area (Å²) in [5.74, 6) is 1.28. The largest absolute Gasteiger partial charge is 0.386 e. The van der Waals surface area contributed by atoms with Crippen molar-refractivity contribution >= 4 is 51.4 Å². The van der Waals surface area contributed by atoms with Gasteiger partial charge in [-0.3, -0.25) is 4.99 Å². The molecular weight excluding hydrogens is 521 g/mol. The van der Waals surface area contributed by atoms with Crippen molar-refractivity contribution in [1.29, 1.82) is 0 Å². The highest BCUT2D eigenvalue weighted by atomic mass is 127. The first-order valence-corrected chi connectivity index (χ1v) is 12.0. The van der Waals surface area contributed by atoms with Crippen molar-refractivity contribution in [1.82, 2.24) is 20.4 Å². The predicted octanol–water partition coefficient (Wildman–Crippen LogP) is 3.38. The fourth-order valence-electron chi connectivity index (χ4n) is 3.84. The molecule has 0 aliphatic carbocycles. The molecule has 2 atom stereocenters. The molecule has 174 valence electrons. The van der Waals surface area contributed by atoms with Gasteiger partial charge in [0.2, 0.25) is 0 Å². The highest BCUT2D eigenvalue weighted by Crippen LogP contribution is 2.29. The number of thiophene rings is 1. The maximum absolute atomic E-state index is 10.6. The lowest BCUT2D eigenvalue weighted by atomic mass is 10.1. The van der Waals surface area contributed by atoms with Crippen LogP contribution in [0.5, 0.6) is 0 Å². The number of nitrogens with one attached hydrogen (secondary N) is 2. The minimum atomic E-state index is -0.543. The number of likely N-dealkylation sites (N-methyl/N-ethyl adjacent to an activating group) is 1. The van der Waals surface area contributed by atoms with E-state index in [-0.39, 0.29) is 24.0 Å². The van der Waals surface area contributed by atoms with E-state index in [1.165, 1.54) is 23.2 Å². The lowest BCUT2D eigenvalue weighted by Crippen LogP contribution is -2.47. The number of aliphatic hydroxyl groups is 1. The van der Waals surface area contributed by atoms with Crippen LogP contribution in [0.1, 0.15) is 31.8 Å². The van der Waals surface area contributed by atoms with E-state index in [1.807, 2.05) is 12.1 Å². The summed E-state index contributed by atoms with van der Waals surface area (Å²) in [7, 11) is 0. The van der Waals surface area contributed by atoms with Gasteiger partial charge in [0.15, 0.2) is 5.96 Å². The third kappa shape index (κ3) is 8.16. The lowest BCUT2D eigenvalue weighted by Gasteiger charge is -2.35. The number of rotatable bonds is 9. The van der Waals surface area contributed by atoms with Crippen LogP contribution in [0.2, 0.25) is 0 Å². The number of guanidine groups is 1. The van der Waals surface area contributed by atoms with Gasteiger partial charge in [0.05, 0.1) is 0 Å². The zero-order chi connectivity index (χ0) is 21.3. The fourth-order valence-corrected chi connectivity index (χ4v) is 4.89. The Hall–Kier alpha value is -0.940. The Kier molecular flexibility index (Phi) is 11.5. The van der Waals surface area contributed by atoms with E-state index in [2.05, 4.69) is 59.4 Å². The molecule has 1 fully saturated rings. The summed E-state index contributed by atoms with van der Waals surface area (Å²) in [4.78, 5) is 10.8. The van der Waals surface area contributed by atoms with Gasteiger partial charge in [0.25, 0.3) is 0 Å². The number of benzene rings is 1. The smallest absolute Gasteiger partial charge is 0.191 e. The lowest BCUT2D eigenvalue weighted by molar-refractivity contribution is 0.125. The van der Waals surface area contributed by atoms with E-state index in [1.54, 1.807) is 11.3 Å². The Morgan fingerprint density at radius 3 is 2.52 bits per heavy atom. The Morgan fingerprint density at radius 1 is 1.13 bits per heavy atom. The average molecular weight is 560 g/mol. The van der Waals surface area contributed by atoms with Gasteiger partial charge >= 0.3 is 0 Å². The van der Waals surface area contributed by atoms with Crippen LogP contribution in [0.4, 0.5) is 0 Å². The molecule has 2 aromatic rings. The standard InChI is InChI=1S/C23H37N5OS.HI/c1-4-24-23(25-15-18(3)17-28-12-10-27(5-2)11-13-28)26-16-20(29)22-14-19-8-6-7-9-21(19)30-22;/h6-9,14,18,20,29H,4-5,10-13,15-17H2,1-3H3,(H2,24,25,26);1H. The van der Waals surface area contributed by atoms with Gasteiger partial charge < -0.3 is 25.5 Å². The molecule has 0 bridgehead atoms. The number of hydrogen-bond donors (Lipinski definition) is 3. The van der Waals surface area contributed by atoms with Crippen molar-refractivity contribution in [3.63, 3.8) is 0 Å². The molecule has 2 heterocycles. The van der Waals surface area contributed by atoms with E-state index in [9.17, 15) is 5.11 Å². The Balaban J connectivity index is 0.00000341. The second-order valence-electron chi connectivity index (χ2n) is 8.14. The average Bonchev–Trinajstić information content (AvgIpc) is 3.20. The zero-order valence-corrected chi connectivity index (χ0v) is 22.2. The Bertz CT molecular complexity index is 773. The molecule has 0 spiro atoms. The Morgan fingerprint density at radius 2 is 1.84 bits per heavy atom. The molecule has 1 saturated heterocycles. The van der Waals surface area contributed by atoms with Crippen LogP contribution in [0.25, 0.3) is 10.1 Å². The predicted molar refractivity (Wildman–Crippen MR) is 144 cm³/mol. The van der Waals surface area contributed by atoms with Gasteiger partial charge in [0.1, 0.15) is 6.10 Å². The highest BCUT2D eigenvalue weighted by Gasteiger charge is 2.17. The number of nitrogens with zero attached hydrogens (tertiary/aromatic N) is 3. The Labute approximate surface area is 208 Å². The molecule has 0 amide bonds. The summed E-state index contributed by atoms with van der Waals surface area (Å²) < 4.78 is 1.21. The molecule has 6 nitrogen and oxygen atoms in total. The minimum absolute atomic E-state index is 0. The van der Waals surface area contributed by atoms with Crippen molar-refractivity contribution in [2.45, 2.75) is 26.9 Å². The van der Waals surface area contributed by atoms with Crippen molar-refractivity contribution in [3.8, 4) is 0 Å². The van der Waals surface area contributed by atoms with Crippen molar-refractivity contribution < 1.29 is 5.11 Å². The van der Waals surface area contributed by atoms with Gasteiger partial charge in [0, 0.05) is 61.9 Å². The van der Waals surface area contributed by atoms with Gasteiger partial charge in [-0.05, 0) is 36.9 Å². The SMILES string of the molecule is CCNC(=NCC(C)CN1CCN(CC)CC1)NCC(O)c1cc2ccccc2s1.I. The molecule has 1 aliphatic rings. The van der Waals surface area contributed by atoms with E-state index in [0.717, 1.165) is 50.1 Å². The summed E-state index contributed by atoms with van der Waals surface area (Å²) in [5, 5.41) is 18.4. The van der Waals surface area contributed by atoms with Crippen LogP contribution in [0.3, 0.4) is 0 Å². The summed E-state index contributed by atoms with van der Waals surface area (Å²) in [5.41, 5.74) is 0. The summed E-state index contributed by atoms with van der Waals surface area (Å²) in [6, 6.07) is 10.3. The summed E-state index contributed by atoms with van der Waals surface area (Å²) in [6.07, 6.45) is -0.543. The third-order valence-corrected chi connectivity index (χ3v) is 6.84. The summed E-state index contributed by atoms with van der Waals surface area (Å²) >= 11 is 1.65. The first-order valence-electron chi connectivity index (χ1n) is 11.2. The second-order valence-corrected chi connectivity index (χ2v) is 9.26. The molecule has 3 rings (SSSR count). The van der Waals surface area contributed by atoms with E-state index in [0.29, 0.717) is 12.5 Å². The van der Waals surface area contributed by atoms with Gasteiger partial charge in [-0.2, -0.15) is 0 Å². The topological polar surface area (TPSA) is 63.1 Å². The van der Waals surface area contributed by atoms with Crippen molar-refractivity contribution in [2.24, 2.45) is 10.9 Å². The molecule has 8 heteroatoms. The van der Waals surface area contributed by atoms with Crippen molar-refractivity contribution in [3.05, 3.63) is 35.2 Å². The molecule has 1 aromatic carbocycles. The van der Waals surface area contributed by atoms with Crippen LogP contribution < -0.4 is 10.6 Å². The quantitative estimate of drug-likeness (QED) is 0.250. The minimum Gasteiger partial charge on any atom is -0.386 e. The normalized spacial score (nSPS) is 17.9. The van der Waals surface area contributed by atoms with Crippen LogP contribution in [-0.2, 0) is 0 Å². The van der Waals surface area contributed by atoms with E-state index >= 15 is 0 Å². The first-order chi connectivity index (χ1) is 14.6. The maximum atomic E-state index is 10.6. The molecule has 2 unspecified atom stereocenters. The molecule has 1 aliphatic heterocycles. The maximum Gasteiger partial charge on any atom is 0.191 e. The van der Waals surface area contributed by atoms with Gasteiger partial charge in [-0.1, -0.05) is 32.0 Å². The molecular formula is C23H38IN5OS. The third-order valence-electron chi connectivity index (χ3n) is 5.62. The number of aliphatic hydroxyl groups excluding tert-OH is 1. The molecule has 1 aromatic heterocycles. The molecule has 0 radical (unpaired) electrons. The van der Waals surface area contributed by atoms with Gasteiger partial charge in [-0.25, -0.2) is 0 Å². The number of halogens is 1. The van der Waals surface area contributed by atoms with E-state index in [4.69, 9.17) is 4.99 Å². The fraction of sp³-hybridized carbons (Fsp3) is 0.609. The first kappa shape index (κ1) is 26.3. The van der Waals surface area contributed by atoms with E-state index < -0.39 is 6.10 Å². The zero-order valence-electron chi connectivity index (χ0n) is 19.0. The van der Waals surface area contributed by atoms with Crippen LogP contribution in [-0.4, -0.2) is 79.8 Å².